The predicted octanol–water partition coefficient (Wildman–Crippen LogP) is 4.94. The van der Waals surface area contributed by atoms with Crippen molar-refractivity contribution in [1.82, 2.24) is 0 Å². The molecule has 0 aliphatic heterocycles. The molecule has 0 nitrogen and oxygen atoms in total. The number of halogens is 3. The van der Waals surface area contributed by atoms with Crippen LogP contribution in [0.5, 0.6) is 0 Å². The maximum atomic E-state index is 6.04. The maximum Gasteiger partial charge on any atom is 0.0624 e. The molecule has 1 rings (SSSR count). The zero-order chi connectivity index (χ0) is 10.6. The average Bonchev–Trinajstić information content (AvgIpc) is 2.12. The van der Waals surface area contributed by atoms with Gasteiger partial charge in [-0.15, -0.1) is 11.6 Å². The summed E-state index contributed by atoms with van der Waals surface area (Å²) in [6.45, 7) is 2.00. The van der Waals surface area contributed by atoms with Crippen molar-refractivity contribution in [2.24, 2.45) is 0 Å². The molecule has 1 atom stereocenters. The Bertz CT molecular complexity index is 295. The predicted molar refractivity (Wildman–Crippen MR) is 64.7 cm³/mol. The van der Waals surface area contributed by atoms with Crippen molar-refractivity contribution >= 4 is 34.8 Å². The summed E-state index contributed by atoms with van der Waals surface area (Å²) in [4.78, 5) is 0. The van der Waals surface area contributed by atoms with Crippen LogP contribution in [0.1, 0.15) is 25.3 Å². The van der Waals surface area contributed by atoms with Gasteiger partial charge in [0.2, 0.25) is 0 Å². The second kappa shape index (κ2) is 5.85. The SMILES string of the molecule is CC(Cl)CCCc1cccc(Cl)c1Cl. The van der Waals surface area contributed by atoms with Crippen LogP contribution in [-0.4, -0.2) is 5.38 Å². The summed E-state index contributed by atoms with van der Waals surface area (Å²) in [5.74, 6) is 0. The van der Waals surface area contributed by atoms with E-state index < -0.39 is 0 Å². The minimum Gasteiger partial charge on any atom is -0.123 e. The fraction of sp³-hybridized carbons (Fsp3) is 0.455. The van der Waals surface area contributed by atoms with E-state index >= 15 is 0 Å². The van der Waals surface area contributed by atoms with Gasteiger partial charge in [-0.25, -0.2) is 0 Å². The number of aryl methyl sites for hydroxylation is 1. The van der Waals surface area contributed by atoms with E-state index in [1.807, 2.05) is 19.1 Å². The third-order valence-corrected chi connectivity index (χ3v) is 3.16. The first-order valence-electron chi connectivity index (χ1n) is 4.68. The molecule has 0 N–H and O–H groups in total. The number of alkyl halides is 1. The second-order valence-corrected chi connectivity index (χ2v) is 4.92. The molecule has 0 aliphatic carbocycles. The molecule has 0 bridgehead atoms. The van der Waals surface area contributed by atoms with Crippen molar-refractivity contribution in [1.29, 1.82) is 0 Å². The Morgan fingerprint density at radius 2 is 2.00 bits per heavy atom. The molecule has 0 saturated carbocycles. The molecular formula is C11H13Cl3. The van der Waals surface area contributed by atoms with Gasteiger partial charge in [-0.05, 0) is 37.8 Å². The lowest BCUT2D eigenvalue weighted by Gasteiger charge is -2.06. The minimum absolute atomic E-state index is 0.230. The minimum atomic E-state index is 0.230. The summed E-state index contributed by atoms with van der Waals surface area (Å²) < 4.78 is 0. The number of benzene rings is 1. The van der Waals surface area contributed by atoms with Gasteiger partial charge in [-0.2, -0.15) is 0 Å². The van der Waals surface area contributed by atoms with Crippen LogP contribution in [0.4, 0.5) is 0 Å². The van der Waals surface area contributed by atoms with Crippen LogP contribution in [0, 0.1) is 0 Å². The van der Waals surface area contributed by atoms with Crippen LogP contribution in [0.25, 0.3) is 0 Å². The molecule has 1 aromatic rings. The monoisotopic (exact) mass is 250 g/mol. The van der Waals surface area contributed by atoms with Crippen molar-refractivity contribution in [3.05, 3.63) is 33.8 Å². The summed E-state index contributed by atoms with van der Waals surface area (Å²) in [7, 11) is 0. The van der Waals surface area contributed by atoms with Gasteiger partial charge in [0.25, 0.3) is 0 Å². The molecule has 0 heterocycles. The topological polar surface area (TPSA) is 0 Å². The largest absolute Gasteiger partial charge is 0.123 e. The normalized spacial score (nSPS) is 12.9. The van der Waals surface area contributed by atoms with Crippen LogP contribution >= 0.6 is 34.8 Å². The molecule has 0 spiro atoms. The second-order valence-electron chi connectivity index (χ2n) is 3.39. The summed E-state index contributed by atoms with van der Waals surface area (Å²) in [5.41, 5.74) is 1.11. The first-order valence-corrected chi connectivity index (χ1v) is 5.87. The third-order valence-electron chi connectivity index (χ3n) is 2.08. The van der Waals surface area contributed by atoms with Crippen LogP contribution in [0.15, 0.2) is 18.2 Å². The van der Waals surface area contributed by atoms with E-state index in [0.717, 1.165) is 24.8 Å². The van der Waals surface area contributed by atoms with Crippen LogP contribution in [0.2, 0.25) is 10.0 Å². The van der Waals surface area contributed by atoms with E-state index in [4.69, 9.17) is 34.8 Å². The Labute approximate surface area is 100 Å². The zero-order valence-corrected chi connectivity index (χ0v) is 10.3. The Balaban J connectivity index is 2.54. The molecule has 14 heavy (non-hydrogen) atoms. The highest BCUT2D eigenvalue weighted by Crippen LogP contribution is 2.26. The standard InChI is InChI=1S/C11H13Cl3/c1-8(12)4-2-5-9-6-3-7-10(13)11(9)14/h3,6-8H,2,4-5H2,1H3. The third kappa shape index (κ3) is 3.68. The first kappa shape index (κ1) is 12.2. The summed E-state index contributed by atoms with van der Waals surface area (Å²) in [5, 5.41) is 1.53. The molecule has 0 aliphatic rings. The fourth-order valence-corrected chi connectivity index (χ4v) is 1.88. The Hall–Kier alpha value is 0.0900. The van der Waals surface area contributed by atoms with E-state index in [-0.39, 0.29) is 5.38 Å². The fourth-order valence-electron chi connectivity index (χ4n) is 1.32. The van der Waals surface area contributed by atoms with Crippen molar-refractivity contribution in [3.8, 4) is 0 Å². The van der Waals surface area contributed by atoms with Crippen molar-refractivity contribution < 1.29 is 0 Å². The Morgan fingerprint density at radius 3 is 2.64 bits per heavy atom. The molecule has 0 aromatic heterocycles. The van der Waals surface area contributed by atoms with Crippen molar-refractivity contribution in [2.45, 2.75) is 31.6 Å². The molecule has 0 radical (unpaired) electrons. The lowest BCUT2D eigenvalue weighted by atomic mass is 10.1. The van der Waals surface area contributed by atoms with Gasteiger partial charge >= 0.3 is 0 Å². The van der Waals surface area contributed by atoms with E-state index in [0.29, 0.717) is 10.0 Å². The molecule has 3 heteroatoms. The molecule has 1 unspecified atom stereocenters. The maximum absolute atomic E-state index is 6.04. The number of hydrogen-bond donors (Lipinski definition) is 0. The Morgan fingerprint density at radius 1 is 1.29 bits per heavy atom. The molecule has 0 amide bonds. The van der Waals surface area contributed by atoms with Gasteiger partial charge in [-0.1, -0.05) is 35.3 Å². The van der Waals surface area contributed by atoms with E-state index in [1.54, 1.807) is 6.07 Å². The van der Waals surface area contributed by atoms with Gasteiger partial charge in [0.05, 0.1) is 10.0 Å². The van der Waals surface area contributed by atoms with Gasteiger partial charge in [0, 0.05) is 5.38 Å². The van der Waals surface area contributed by atoms with E-state index in [1.165, 1.54) is 0 Å². The lowest BCUT2D eigenvalue weighted by Crippen LogP contribution is -1.93. The van der Waals surface area contributed by atoms with Gasteiger partial charge in [-0.3, -0.25) is 0 Å². The summed E-state index contributed by atoms with van der Waals surface area (Å²) in [6, 6.07) is 5.73. The molecule has 0 fully saturated rings. The number of rotatable bonds is 4. The van der Waals surface area contributed by atoms with Crippen LogP contribution in [-0.2, 0) is 6.42 Å². The molecular weight excluding hydrogens is 238 g/mol. The zero-order valence-electron chi connectivity index (χ0n) is 8.06. The summed E-state index contributed by atoms with van der Waals surface area (Å²) >= 11 is 17.8. The molecule has 78 valence electrons. The van der Waals surface area contributed by atoms with Gasteiger partial charge < -0.3 is 0 Å². The van der Waals surface area contributed by atoms with Crippen LogP contribution in [0.3, 0.4) is 0 Å². The average molecular weight is 252 g/mol. The van der Waals surface area contributed by atoms with E-state index in [2.05, 4.69) is 0 Å². The highest BCUT2D eigenvalue weighted by molar-refractivity contribution is 6.42. The highest BCUT2D eigenvalue weighted by atomic mass is 35.5. The number of hydrogen-bond acceptors (Lipinski definition) is 0. The highest BCUT2D eigenvalue weighted by Gasteiger charge is 2.04. The Kier molecular flexibility index (Phi) is 5.08. The van der Waals surface area contributed by atoms with Gasteiger partial charge in [0.15, 0.2) is 0 Å². The lowest BCUT2D eigenvalue weighted by molar-refractivity contribution is 0.724. The molecule has 1 aromatic carbocycles. The van der Waals surface area contributed by atoms with Crippen molar-refractivity contribution in [3.63, 3.8) is 0 Å². The van der Waals surface area contributed by atoms with E-state index in [9.17, 15) is 0 Å². The first-order chi connectivity index (χ1) is 6.61. The molecule has 0 saturated heterocycles. The van der Waals surface area contributed by atoms with Gasteiger partial charge in [0.1, 0.15) is 0 Å². The van der Waals surface area contributed by atoms with Crippen molar-refractivity contribution in [2.75, 3.05) is 0 Å². The summed E-state index contributed by atoms with van der Waals surface area (Å²) in [6.07, 6.45) is 2.99. The quantitative estimate of drug-likeness (QED) is 0.665. The smallest absolute Gasteiger partial charge is 0.0624 e. The van der Waals surface area contributed by atoms with Crippen LogP contribution < -0.4 is 0 Å².